The second kappa shape index (κ2) is 5.75. The van der Waals surface area contributed by atoms with Crippen molar-refractivity contribution in [2.45, 2.75) is 12.1 Å². The first-order chi connectivity index (χ1) is 9.08. The number of para-hydroxylation sites is 1. The van der Waals surface area contributed by atoms with Gasteiger partial charge in [-0.3, -0.25) is 9.36 Å². The Morgan fingerprint density at radius 3 is 2.84 bits per heavy atom. The Morgan fingerprint density at radius 2 is 2.21 bits per heavy atom. The molecule has 2 rings (SSSR count). The number of aromatic amines is 1. The molecule has 1 aromatic heterocycles. The Morgan fingerprint density at radius 1 is 1.47 bits per heavy atom. The minimum atomic E-state index is -0.290. The molecule has 6 nitrogen and oxygen atoms in total. The van der Waals surface area contributed by atoms with Crippen molar-refractivity contribution in [2.24, 2.45) is 7.05 Å². The molecule has 2 N–H and O–H groups in total. The van der Waals surface area contributed by atoms with E-state index in [-0.39, 0.29) is 17.3 Å². The van der Waals surface area contributed by atoms with Crippen LogP contribution in [-0.4, -0.2) is 26.4 Å². The molecule has 0 spiro atoms. The minimum absolute atomic E-state index is 0.130. The van der Waals surface area contributed by atoms with Gasteiger partial charge in [0.15, 0.2) is 5.16 Å². The molecule has 0 atom stereocenters. The molecule has 0 aliphatic carbocycles. The van der Waals surface area contributed by atoms with Crippen LogP contribution in [0.1, 0.15) is 5.56 Å². The number of thioether (sulfide) groups is 1. The van der Waals surface area contributed by atoms with E-state index in [1.807, 2.05) is 31.2 Å². The molecule has 0 unspecified atom stereocenters. The summed E-state index contributed by atoms with van der Waals surface area (Å²) in [4.78, 5) is 22.9. The summed E-state index contributed by atoms with van der Waals surface area (Å²) in [5.41, 5.74) is 1.51. The lowest BCUT2D eigenvalue weighted by atomic mass is 10.2. The van der Waals surface area contributed by atoms with E-state index in [4.69, 9.17) is 0 Å². The Bertz CT molecular complexity index is 647. The van der Waals surface area contributed by atoms with E-state index in [2.05, 4.69) is 15.5 Å². The zero-order valence-electron chi connectivity index (χ0n) is 10.6. The topological polar surface area (TPSA) is 79.8 Å². The molecule has 1 amide bonds. The molecule has 0 radical (unpaired) electrons. The number of aromatic nitrogens is 3. The molecule has 19 heavy (non-hydrogen) atoms. The fourth-order valence-corrected chi connectivity index (χ4v) is 2.21. The van der Waals surface area contributed by atoms with Crippen molar-refractivity contribution in [1.29, 1.82) is 0 Å². The van der Waals surface area contributed by atoms with Crippen LogP contribution < -0.4 is 11.0 Å². The molecule has 100 valence electrons. The lowest BCUT2D eigenvalue weighted by molar-refractivity contribution is -0.113. The quantitative estimate of drug-likeness (QED) is 0.822. The lowest BCUT2D eigenvalue weighted by Crippen LogP contribution is -2.16. The second-order valence-corrected chi connectivity index (χ2v) is 4.96. The van der Waals surface area contributed by atoms with E-state index >= 15 is 0 Å². The van der Waals surface area contributed by atoms with E-state index in [1.165, 1.54) is 16.3 Å². The third-order valence-corrected chi connectivity index (χ3v) is 3.62. The number of benzene rings is 1. The Hall–Kier alpha value is -2.02. The van der Waals surface area contributed by atoms with E-state index in [0.29, 0.717) is 5.16 Å². The van der Waals surface area contributed by atoms with Crippen molar-refractivity contribution in [3.63, 3.8) is 0 Å². The number of carbonyl (C=O) groups excluding carboxylic acids is 1. The smallest absolute Gasteiger partial charge is 0.325 e. The van der Waals surface area contributed by atoms with Crippen molar-refractivity contribution in [3.05, 3.63) is 40.3 Å². The first-order valence-electron chi connectivity index (χ1n) is 5.67. The molecular weight excluding hydrogens is 264 g/mol. The summed E-state index contributed by atoms with van der Waals surface area (Å²) in [5.74, 6) is 0.0710. The first kappa shape index (κ1) is 13.4. The zero-order valence-corrected chi connectivity index (χ0v) is 11.5. The Labute approximate surface area is 114 Å². The van der Waals surface area contributed by atoms with E-state index < -0.39 is 0 Å². The standard InChI is InChI=1S/C12H14N4O2S/c1-8-5-3-4-6-9(8)13-10(17)7-19-12-15-14-11(18)16(12)2/h3-6H,7H2,1-2H3,(H,13,17)(H,14,18). The van der Waals surface area contributed by atoms with Gasteiger partial charge in [-0.1, -0.05) is 30.0 Å². The number of nitrogens with one attached hydrogen (secondary N) is 2. The van der Waals surface area contributed by atoms with Gasteiger partial charge in [0.05, 0.1) is 5.75 Å². The summed E-state index contributed by atoms with van der Waals surface area (Å²) in [7, 11) is 1.60. The monoisotopic (exact) mass is 278 g/mol. The predicted octanol–water partition coefficient (Wildman–Crippen LogP) is 1.15. The number of anilines is 1. The average Bonchev–Trinajstić information content (AvgIpc) is 2.70. The molecule has 1 heterocycles. The number of amides is 1. The maximum Gasteiger partial charge on any atom is 0.343 e. The molecule has 2 aromatic rings. The third-order valence-electron chi connectivity index (χ3n) is 2.59. The maximum absolute atomic E-state index is 11.8. The summed E-state index contributed by atoms with van der Waals surface area (Å²) < 4.78 is 1.37. The molecular formula is C12H14N4O2S. The van der Waals surface area contributed by atoms with Crippen molar-refractivity contribution in [1.82, 2.24) is 14.8 Å². The highest BCUT2D eigenvalue weighted by Gasteiger charge is 2.09. The third kappa shape index (κ3) is 3.25. The van der Waals surface area contributed by atoms with Crippen LogP contribution in [0.5, 0.6) is 0 Å². The van der Waals surface area contributed by atoms with Gasteiger partial charge in [-0.05, 0) is 18.6 Å². The normalized spacial score (nSPS) is 10.4. The first-order valence-corrected chi connectivity index (χ1v) is 6.66. The fraction of sp³-hybridized carbons (Fsp3) is 0.250. The van der Waals surface area contributed by atoms with Crippen molar-refractivity contribution in [2.75, 3.05) is 11.1 Å². The molecule has 1 aromatic carbocycles. The van der Waals surface area contributed by atoms with Crippen molar-refractivity contribution >= 4 is 23.4 Å². The van der Waals surface area contributed by atoms with Gasteiger partial charge in [-0.2, -0.15) is 0 Å². The number of hydrogen-bond acceptors (Lipinski definition) is 4. The van der Waals surface area contributed by atoms with Gasteiger partial charge in [0.25, 0.3) is 0 Å². The molecule has 7 heteroatoms. The molecule has 0 fully saturated rings. The Kier molecular flexibility index (Phi) is 4.06. The summed E-state index contributed by atoms with van der Waals surface area (Å²) in [6.45, 7) is 1.93. The van der Waals surface area contributed by atoms with E-state index in [0.717, 1.165) is 11.3 Å². The van der Waals surface area contributed by atoms with E-state index in [1.54, 1.807) is 7.05 Å². The number of carbonyl (C=O) groups is 1. The highest BCUT2D eigenvalue weighted by Crippen LogP contribution is 2.15. The fourth-order valence-electron chi connectivity index (χ4n) is 1.49. The summed E-state index contributed by atoms with van der Waals surface area (Å²) in [5, 5.41) is 9.46. The Balaban J connectivity index is 1.94. The van der Waals surface area contributed by atoms with Crippen LogP contribution in [0.25, 0.3) is 0 Å². The van der Waals surface area contributed by atoms with Gasteiger partial charge in [0.1, 0.15) is 0 Å². The van der Waals surface area contributed by atoms with Crippen molar-refractivity contribution in [3.8, 4) is 0 Å². The highest BCUT2D eigenvalue weighted by atomic mass is 32.2. The van der Waals surface area contributed by atoms with Gasteiger partial charge in [-0.15, -0.1) is 5.10 Å². The lowest BCUT2D eigenvalue weighted by Gasteiger charge is -2.07. The number of aryl methyl sites for hydroxylation is 1. The zero-order chi connectivity index (χ0) is 13.8. The maximum atomic E-state index is 11.8. The van der Waals surface area contributed by atoms with E-state index in [9.17, 15) is 9.59 Å². The van der Waals surface area contributed by atoms with Gasteiger partial charge in [-0.25, -0.2) is 9.89 Å². The summed E-state index contributed by atoms with van der Waals surface area (Å²) >= 11 is 1.21. The SMILES string of the molecule is Cc1ccccc1NC(=O)CSc1n[nH]c(=O)n1C. The van der Waals surface area contributed by atoms with Gasteiger partial charge in [0, 0.05) is 12.7 Å². The van der Waals surface area contributed by atoms with Crippen molar-refractivity contribution < 1.29 is 4.79 Å². The highest BCUT2D eigenvalue weighted by molar-refractivity contribution is 7.99. The van der Waals surface area contributed by atoms with Gasteiger partial charge < -0.3 is 5.32 Å². The minimum Gasteiger partial charge on any atom is -0.325 e. The van der Waals surface area contributed by atoms with Crippen LogP contribution in [-0.2, 0) is 11.8 Å². The van der Waals surface area contributed by atoms with Gasteiger partial charge in [0.2, 0.25) is 5.91 Å². The van der Waals surface area contributed by atoms with Crippen LogP contribution in [0.4, 0.5) is 5.69 Å². The number of rotatable bonds is 4. The summed E-state index contributed by atoms with van der Waals surface area (Å²) in [6.07, 6.45) is 0. The number of H-pyrrole nitrogens is 1. The second-order valence-electron chi connectivity index (χ2n) is 4.02. The molecule has 0 bridgehead atoms. The predicted molar refractivity (Wildman–Crippen MR) is 74.4 cm³/mol. The van der Waals surface area contributed by atoms with Crippen LogP contribution >= 0.6 is 11.8 Å². The molecule has 0 aliphatic rings. The summed E-state index contributed by atoms with van der Waals surface area (Å²) in [6, 6.07) is 7.56. The number of nitrogens with zero attached hydrogens (tertiary/aromatic N) is 2. The molecule has 0 aliphatic heterocycles. The average molecular weight is 278 g/mol. The largest absolute Gasteiger partial charge is 0.343 e. The van der Waals surface area contributed by atoms with Crippen LogP contribution in [0.15, 0.2) is 34.2 Å². The van der Waals surface area contributed by atoms with Crippen LogP contribution in [0.3, 0.4) is 0 Å². The molecule has 0 saturated heterocycles. The van der Waals surface area contributed by atoms with Gasteiger partial charge >= 0.3 is 5.69 Å². The number of hydrogen-bond donors (Lipinski definition) is 2. The molecule has 0 saturated carbocycles. The van der Waals surface area contributed by atoms with Crippen LogP contribution in [0, 0.1) is 6.92 Å². The van der Waals surface area contributed by atoms with Crippen LogP contribution in [0.2, 0.25) is 0 Å².